The minimum absolute atomic E-state index is 0.0224. The number of rotatable bonds is 5. The van der Waals surface area contributed by atoms with Gasteiger partial charge in [-0.3, -0.25) is 9.59 Å². The van der Waals surface area contributed by atoms with Gasteiger partial charge in [-0.05, 0) is 55.4 Å². The normalized spacial score (nSPS) is 12.3. The highest BCUT2D eigenvalue weighted by atomic mass is 35.5. The Morgan fingerprint density at radius 3 is 2.67 bits per heavy atom. The zero-order valence-electron chi connectivity index (χ0n) is 14.9. The number of fused-ring (bicyclic) bond motifs is 1. The van der Waals surface area contributed by atoms with Gasteiger partial charge in [0.05, 0.1) is 11.6 Å². The van der Waals surface area contributed by atoms with Crippen LogP contribution < -0.4 is 10.9 Å². The molecule has 1 aromatic heterocycles. The molecule has 0 fully saturated rings. The van der Waals surface area contributed by atoms with Crippen molar-refractivity contribution in [3.8, 4) is 0 Å². The van der Waals surface area contributed by atoms with Crippen LogP contribution in [0.2, 0.25) is 5.02 Å². The van der Waals surface area contributed by atoms with Crippen molar-refractivity contribution >= 4 is 28.4 Å². The fraction of sp³-hybridized carbons (Fsp3) is 0.200. The summed E-state index contributed by atoms with van der Waals surface area (Å²) >= 11 is 6.27. The highest BCUT2D eigenvalue weighted by Crippen LogP contribution is 2.25. The summed E-state index contributed by atoms with van der Waals surface area (Å²) in [4.78, 5) is 29.3. The molecule has 0 saturated carbocycles. The van der Waals surface area contributed by atoms with E-state index in [-0.39, 0.29) is 18.2 Å². The molecule has 1 unspecified atom stereocenters. The van der Waals surface area contributed by atoms with Crippen LogP contribution >= 0.6 is 11.6 Å². The number of H-pyrrole nitrogens is 1. The Bertz CT molecular complexity index is 1050. The fourth-order valence-corrected chi connectivity index (χ4v) is 3.20. The maximum absolute atomic E-state index is 13.3. The number of likely N-dealkylation sites (N-methyl/N-ethyl adjacent to an activating group) is 1. The van der Waals surface area contributed by atoms with E-state index in [1.807, 2.05) is 37.2 Å². The fourth-order valence-electron chi connectivity index (χ4n) is 2.94. The van der Waals surface area contributed by atoms with Gasteiger partial charge in [0.2, 0.25) is 0 Å². The minimum Gasteiger partial charge on any atom is -0.350 e. The lowest BCUT2D eigenvalue weighted by molar-refractivity contribution is 0.0940. The predicted molar refractivity (Wildman–Crippen MR) is 105 cm³/mol. The first kappa shape index (κ1) is 19.1. The SMILES string of the molecule is CN(C)C(CNC(=O)c1cc2ccc(F)cc2[nH]c1=O)c1ccccc1Cl. The number of aromatic nitrogens is 1. The highest BCUT2D eigenvalue weighted by Gasteiger charge is 2.19. The van der Waals surface area contributed by atoms with E-state index in [1.165, 1.54) is 24.3 Å². The number of hydrogen-bond acceptors (Lipinski definition) is 3. The second-order valence-corrected chi connectivity index (χ2v) is 6.86. The molecular formula is C20H19ClFN3O2. The number of pyridine rings is 1. The Balaban J connectivity index is 1.83. The van der Waals surface area contributed by atoms with Crippen molar-refractivity contribution in [2.45, 2.75) is 6.04 Å². The van der Waals surface area contributed by atoms with Crippen LogP contribution in [0, 0.1) is 5.82 Å². The van der Waals surface area contributed by atoms with E-state index in [2.05, 4.69) is 10.3 Å². The van der Waals surface area contributed by atoms with Crippen LogP contribution in [-0.2, 0) is 0 Å². The molecule has 0 aliphatic carbocycles. The van der Waals surface area contributed by atoms with Gasteiger partial charge in [-0.15, -0.1) is 0 Å². The first-order chi connectivity index (χ1) is 12.9. The third-order valence-electron chi connectivity index (χ3n) is 4.40. The van der Waals surface area contributed by atoms with E-state index in [9.17, 15) is 14.0 Å². The minimum atomic E-state index is -0.565. The second-order valence-electron chi connectivity index (χ2n) is 6.45. The molecule has 7 heteroatoms. The molecule has 0 bridgehead atoms. The maximum Gasteiger partial charge on any atom is 0.261 e. The quantitative estimate of drug-likeness (QED) is 0.705. The number of hydrogen-bond donors (Lipinski definition) is 2. The Labute approximate surface area is 160 Å². The van der Waals surface area contributed by atoms with Gasteiger partial charge in [-0.1, -0.05) is 29.8 Å². The van der Waals surface area contributed by atoms with Crippen molar-refractivity contribution in [1.82, 2.24) is 15.2 Å². The standard InChI is InChI=1S/C20H19ClFN3O2/c1-25(2)18(14-5-3-4-6-16(14)21)11-23-19(26)15-9-12-7-8-13(22)10-17(12)24-20(15)27/h3-10,18H,11H2,1-2H3,(H,23,26)(H,24,27). The summed E-state index contributed by atoms with van der Waals surface area (Å²) in [6, 6.07) is 12.7. The van der Waals surface area contributed by atoms with Crippen LogP contribution in [0.15, 0.2) is 53.3 Å². The lowest BCUT2D eigenvalue weighted by Gasteiger charge is -2.26. The molecule has 1 atom stereocenters. The van der Waals surface area contributed by atoms with Gasteiger partial charge in [0, 0.05) is 11.6 Å². The van der Waals surface area contributed by atoms with Crippen molar-refractivity contribution in [3.63, 3.8) is 0 Å². The van der Waals surface area contributed by atoms with E-state index in [0.29, 0.717) is 15.9 Å². The van der Waals surface area contributed by atoms with Crippen molar-refractivity contribution in [1.29, 1.82) is 0 Å². The number of carbonyl (C=O) groups is 1. The molecule has 3 rings (SSSR count). The molecule has 0 saturated heterocycles. The topological polar surface area (TPSA) is 65.2 Å². The Kier molecular flexibility index (Phi) is 5.58. The predicted octanol–water partition coefficient (Wildman–Crippen LogP) is 3.35. The molecule has 2 N–H and O–H groups in total. The van der Waals surface area contributed by atoms with Crippen molar-refractivity contribution in [2.75, 3.05) is 20.6 Å². The number of nitrogens with one attached hydrogen (secondary N) is 2. The summed E-state index contributed by atoms with van der Waals surface area (Å²) in [6.45, 7) is 0.274. The number of nitrogens with zero attached hydrogens (tertiary/aromatic N) is 1. The van der Waals surface area contributed by atoms with Gasteiger partial charge in [0.25, 0.3) is 11.5 Å². The summed E-state index contributed by atoms with van der Waals surface area (Å²) in [5.74, 6) is -0.953. The molecule has 2 aromatic carbocycles. The molecule has 27 heavy (non-hydrogen) atoms. The Morgan fingerprint density at radius 1 is 1.22 bits per heavy atom. The van der Waals surface area contributed by atoms with Crippen molar-refractivity contribution in [2.24, 2.45) is 0 Å². The zero-order valence-corrected chi connectivity index (χ0v) is 15.7. The third-order valence-corrected chi connectivity index (χ3v) is 4.74. The van der Waals surface area contributed by atoms with E-state index in [4.69, 9.17) is 11.6 Å². The molecule has 5 nitrogen and oxygen atoms in total. The van der Waals surface area contributed by atoms with Crippen LogP contribution in [0.25, 0.3) is 10.9 Å². The molecule has 0 radical (unpaired) electrons. The van der Waals surface area contributed by atoms with E-state index >= 15 is 0 Å². The van der Waals surface area contributed by atoms with Crippen molar-refractivity contribution in [3.05, 3.63) is 80.9 Å². The van der Waals surface area contributed by atoms with Crippen LogP contribution in [0.5, 0.6) is 0 Å². The van der Waals surface area contributed by atoms with Crippen LogP contribution in [0.1, 0.15) is 22.0 Å². The molecule has 0 spiro atoms. The van der Waals surface area contributed by atoms with Crippen LogP contribution in [0.3, 0.4) is 0 Å². The zero-order chi connectivity index (χ0) is 19.6. The first-order valence-corrected chi connectivity index (χ1v) is 8.76. The number of halogens is 2. The van der Waals surface area contributed by atoms with Crippen LogP contribution in [-0.4, -0.2) is 36.4 Å². The molecule has 3 aromatic rings. The molecule has 1 heterocycles. The summed E-state index contributed by atoms with van der Waals surface area (Å²) in [7, 11) is 3.77. The molecule has 140 valence electrons. The average Bonchev–Trinajstić information content (AvgIpc) is 2.62. The van der Waals surface area contributed by atoms with Gasteiger partial charge in [0.1, 0.15) is 11.4 Å². The number of benzene rings is 2. The summed E-state index contributed by atoms with van der Waals surface area (Å²) in [6.07, 6.45) is 0. The number of amides is 1. The van der Waals surface area contributed by atoms with E-state index in [0.717, 1.165) is 5.56 Å². The monoisotopic (exact) mass is 387 g/mol. The number of aromatic amines is 1. The Morgan fingerprint density at radius 2 is 1.96 bits per heavy atom. The summed E-state index contributed by atoms with van der Waals surface area (Å²) < 4.78 is 13.3. The first-order valence-electron chi connectivity index (χ1n) is 8.38. The lowest BCUT2D eigenvalue weighted by atomic mass is 10.1. The van der Waals surface area contributed by atoms with Gasteiger partial charge in [-0.25, -0.2) is 4.39 Å². The van der Waals surface area contributed by atoms with Gasteiger partial charge in [-0.2, -0.15) is 0 Å². The number of carbonyl (C=O) groups excluding carboxylic acids is 1. The molecular weight excluding hydrogens is 369 g/mol. The lowest BCUT2D eigenvalue weighted by Crippen LogP contribution is -2.36. The largest absolute Gasteiger partial charge is 0.350 e. The highest BCUT2D eigenvalue weighted by molar-refractivity contribution is 6.31. The summed E-state index contributed by atoms with van der Waals surface area (Å²) in [5, 5.41) is 3.98. The van der Waals surface area contributed by atoms with E-state index in [1.54, 1.807) is 6.07 Å². The molecule has 0 aliphatic rings. The Hall–Kier alpha value is -2.70. The van der Waals surface area contributed by atoms with Gasteiger partial charge < -0.3 is 15.2 Å². The van der Waals surface area contributed by atoms with E-state index < -0.39 is 17.3 Å². The smallest absolute Gasteiger partial charge is 0.261 e. The molecule has 0 aliphatic heterocycles. The average molecular weight is 388 g/mol. The molecule has 1 amide bonds. The second kappa shape index (κ2) is 7.90. The van der Waals surface area contributed by atoms with Crippen molar-refractivity contribution < 1.29 is 9.18 Å². The van der Waals surface area contributed by atoms with Gasteiger partial charge >= 0.3 is 0 Å². The third kappa shape index (κ3) is 4.18. The van der Waals surface area contributed by atoms with Crippen LogP contribution in [0.4, 0.5) is 4.39 Å². The van der Waals surface area contributed by atoms with Gasteiger partial charge in [0.15, 0.2) is 0 Å². The summed E-state index contributed by atoms with van der Waals surface area (Å²) in [5.41, 5.74) is 0.640. The maximum atomic E-state index is 13.3.